The van der Waals surface area contributed by atoms with Crippen LogP contribution in [0.25, 0.3) is 0 Å². The van der Waals surface area contributed by atoms with Crippen molar-refractivity contribution in [2.45, 2.75) is 26.7 Å². The molecule has 0 atom stereocenters. The largest absolute Gasteiger partial charge is 0.446 e. The van der Waals surface area contributed by atoms with E-state index in [0.29, 0.717) is 0 Å². The van der Waals surface area contributed by atoms with Gasteiger partial charge in [-0.2, -0.15) is 0 Å². The zero-order valence-corrected chi connectivity index (χ0v) is 9.16. The van der Waals surface area contributed by atoms with Crippen LogP contribution in [0.2, 0.25) is 0 Å². The number of aryl methyl sites for hydroxylation is 4. The first-order valence-corrected chi connectivity index (χ1v) is 5.21. The summed E-state index contributed by atoms with van der Waals surface area (Å²) in [6, 6.07) is 8.61. The number of hydrogen-bond donors (Lipinski definition) is 0. The molecule has 0 N–H and O–H groups in total. The highest BCUT2D eigenvalue weighted by molar-refractivity contribution is 5.21. The molecule has 0 bridgehead atoms. The summed E-state index contributed by atoms with van der Waals surface area (Å²) in [7, 11) is 0. The van der Waals surface area contributed by atoms with Crippen molar-refractivity contribution in [1.82, 2.24) is 4.98 Å². The molecule has 2 nitrogen and oxygen atoms in total. The van der Waals surface area contributed by atoms with E-state index in [9.17, 15) is 0 Å². The molecule has 0 saturated heterocycles. The molecule has 78 valence electrons. The molecule has 0 aliphatic rings. The molecule has 0 aliphatic carbocycles. The second-order valence-corrected chi connectivity index (χ2v) is 3.83. The Hall–Kier alpha value is -1.57. The van der Waals surface area contributed by atoms with Crippen molar-refractivity contribution in [3.8, 4) is 0 Å². The van der Waals surface area contributed by atoms with Crippen LogP contribution in [0.4, 0.5) is 0 Å². The Labute approximate surface area is 90.0 Å². The summed E-state index contributed by atoms with van der Waals surface area (Å²) in [5, 5.41) is 0. The zero-order chi connectivity index (χ0) is 10.7. The molecule has 0 amide bonds. The van der Waals surface area contributed by atoms with Crippen LogP contribution < -0.4 is 0 Å². The quantitative estimate of drug-likeness (QED) is 0.762. The SMILES string of the molecule is Cc1ccc(CCc2cnc(C)o2)cc1. The van der Waals surface area contributed by atoms with Crippen LogP contribution >= 0.6 is 0 Å². The number of oxazole rings is 1. The molecule has 2 aromatic rings. The minimum absolute atomic E-state index is 0.744. The second-order valence-electron chi connectivity index (χ2n) is 3.83. The third kappa shape index (κ3) is 2.69. The molecule has 2 rings (SSSR count). The summed E-state index contributed by atoms with van der Waals surface area (Å²) in [6.07, 6.45) is 3.74. The van der Waals surface area contributed by atoms with E-state index in [4.69, 9.17) is 4.42 Å². The molecule has 0 radical (unpaired) electrons. The molecule has 1 aromatic carbocycles. The third-order valence-corrected chi connectivity index (χ3v) is 2.45. The van der Waals surface area contributed by atoms with Crippen LogP contribution in [0, 0.1) is 13.8 Å². The van der Waals surface area contributed by atoms with Gasteiger partial charge in [-0.3, -0.25) is 0 Å². The predicted octanol–water partition coefficient (Wildman–Crippen LogP) is 3.08. The predicted molar refractivity (Wildman–Crippen MR) is 59.8 cm³/mol. The van der Waals surface area contributed by atoms with E-state index in [1.165, 1.54) is 11.1 Å². The zero-order valence-electron chi connectivity index (χ0n) is 9.16. The first-order valence-electron chi connectivity index (χ1n) is 5.21. The van der Waals surface area contributed by atoms with Crippen molar-refractivity contribution in [3.63, 3.8) is 0 Å². The Morgan fingerprint density at radius 3 is 2.40 bits per heavy atom. The fraction of sp³-hybridized carbons (Fsp3) is 0.308. The van der Waals surface area contributed by atoms with Crippen molar-refractivity contribution in [2.75, 3.05) is 0 Å². The van der Waals surface area contributed by atoms with Crippen molar-refractivity contribution in [2.24, 2.45) is 0 Å². The van der Waals surface area contributed by atoms with Gasteiger partial charge in [0.1, 0.15) is 5.76 Å². The van der Waals surface area contributed by atoms with E-state index in [0.717, 1.165) is 24.5 Å². The summed E-state index contributed by atoms with van der Waals surface area (Å²) < 4.78 is 5.42. The molecule has 1 aromatic heterocycles. The van der Waals surface area contributed by atoms with E-state index < -0.39 is 0 Å². The summed E-state index contributed by atoms with van der Waals surface area (Å²) in [4.78, 5) is 4.08. The van der Waals surface area contributed by atoms with Crippen LogP contribution in [-0.2, 0) is 12.8 Å². The summed E-state index contributed by atoms with van der Waals surface area (Å²) in [6.45, 7) is 3.97. The lowest BCUT2D eigenvalue weighted by Crippen LogP contribution is -1.89. The third-order valence-electron chi connectivity index (χ3n) is 2.45. The van der Waals surface area contributed by atoms with Crippen LogP contribution in [-0.4, -0.2) is 4.98 Å². The maximum Gasteiger partial charge on any atom is 0.191 e. The van der Waals surface area contributed by atoms with Gasteiger partial charge in [-0.25, -0.2) is 4.98 Å². The van der Waals surface area contributed by atoms with Gasteiger partial charge in [-0.1, -0.05) is 29.8 Å². The van der Waals surface area contributed by atoms with Crippen LogP contribution in [0.15, 0.2) is 34.9 Å². The maximum absolute atomic E-state index is 5.42. The molecule has 0 unspecified atom stereocenters. The Bertz CT molecular complexity index is 428. The maximum atomic E-state index is 5.42. The van der Waals surface area contributed by atoms with Gasteiger partial charge >= 0.3 is 0 Å². The molecule has 0 saturated carbocycles. The summed E-state index contributed by atoms with van der Waals surface area (Å²) >= 11 is 0. The lowest BCUT2D eigenvalue weighted by molar-refractivity contribution is 0.474. The van der Waals surface area contributed by atoms with Gasteiger partial charge in [0.05, 0.1) is 6.20 Å². The fourth-order valence-corrected chi connectivity index (χ4v) is 1.54. The van der Waals surface area contributed by atoms with E-state index in [-0.39, 0.29) is 0 Å². The molecule has 1 heterocycles. The lowest BCUT2D eigenvalue weighted by atomic mass is 10.1. The Kier molecular flexibility index (Phi) is 2.86. The molecule has 0 fully saturated rings. The van der Waals surface area contributed by atoms with Gasteiger partial charge in [0, 0.05) is 13.3 Å². The number of rotatable bonds is 3. The summed E-state index contributed by atoms with van der Waals surface area (Å²) in [5.74, 6) is 1.71. The average molecular weight is 201 g/mol. The highest BCUT2D eigenvalue weighted by Crippen LogP contribution is 2.09. The molecule has 0 aliphatic heterocycles. The molecular formula is C13H15NO. The number of nitrogens with zero attached hydrogens (tertiary/aromatic N) is 1. The first kappa shape index (κ1) is 9.97. The molecule has 2 heteroatoms. The van der Waals surface area contributed by atoms with Gasteiger partial charge in [0.2, 0.25) is 0 Å². The van der Waals surface area contributed by atoms with E-state index in [1.807, 2.05) is 13.1 Å². The highest BCUT2D eigenvalue weighted by Gasteiger charge is 2.00. The van der Waals surface area contributed by atoms with E-state index >= 15 is 0 Å². The molecule has 0 spiro atoms. The van der Waals surface area contributed by atoms with E-state index in [2.05, 4.69) is 36.2 Å². The normalized spacial score (nSPS) is 10.5. The minimum atomic E-state index is 0.744. The number of aromatic nitrogens is 1. The van der Waals surface area contributed by atoms with E-state index in [1.54, 1.807) is 0 Å². The highest BCUT2D eigenvalue weighted by atomic mass is 16.3. The Balaban J connectivity index is 1.96. The van der Waals surface area contributed by atoms with Crippen LogP contribution in [0.3, 0.4) is 0 Å². The van der Waals surface area contributed by atoms with Crippen molar-refractivity contribution in [3.05, 3.63) is 53.2 Å². The van der Waals surface area contributed by atoms with Crippen molar-refractivity contribution >= 4 is 0 Å². The first-order chi connectivity index (χ1) is 7.24. The van der Waals surface area contributed by atoms with Crippen LogP contribution in [0.5, 0.6) is 0 Å². The average Bonchev–Trinajstić information content (AvgIpc) is 2.64. The Morgan fingerprint density at radius 1 is 1.07 bits per heavy atom. The smallest absolute Gasteiger partial charge is 0.191 e. The topological polar surface area (TPSA) is 26.0 Å². The second kappa shape index (κ2) is 4.30. The molecular weight excluding hydrogens is 186 g/mol. The Morgan fingerprint density at radius 2 is 1.80 bits per heavy atom. The number of hydrogen-bond acceptors (Lipinski definition) is 2. The lowest BCUT2D eigenvalue weighted by Gasteiger charge is -1.99. The van der Waals surface area contributed by atoms with Crippen molar-refractivity contribution in [1.29, 1.82) is 0 Å². The fourth-order valence-electron chi connectivity index (χ4n) is 1.54. The summed E-state index contributed by atoms with van der Waals surface area (Å²) in [5.41, 5.74) is 2.64. The number of benzene rings is 1. The minimum Gasteiger partial charge on any atom is -0.446 e. The van der Waals surface area contributed by atoms with Gasteiger partial charge in [-0.15, -0.1) is 0 Å². The molecule has 15 heavy (non-hydrogen) atoms. The van der Waals surface area contributed by atoms with Gasteiger partial charge in [-0.05, 0) is 18.9 Å². The van der Waals surface area contributed by atoms with Gasteiger partial charge in [0.15, 0.2) is 5.89 Å². The monoisotopic (exact) mass is 201 g/mol. The standard InChI is InChI=1S/C13H15NO/c1-10-3-5-12(6-4-10)7-8-13-9-14-11(2)15-13/h3-6,9H,7-8H2,1-2H3. The van der Waals surface area contributed by atoms with Crippen molar-refractivity contribution < 1.29 is 4.42 Å². The van der Waals surface area contributed by atoms with Gasteiger partial charge < -0.3 is 4.42 Å². The van der Waals surface area contributed by atoms with Crippen LogP contribution in [0.1, 0.15) is 22.8 Å². The van der Waals surface area contributed by atoms with Gasteiger partial charge in [0.25, 0.3) is 0 Å².